The maximum Gasteiger partial charge on any atom is 0.262 e. The van der Waals surface area contributed by atoms with Gasteiger partial charge in [0.25, 0.3) is 5.91 Å². The predicted octanol–water partition coefficient (Wildman–Crippen LogP) is 9.24. The summed E-state index contributed by atoms with van der Waals surface area (Å²) in [6.45, 7) is 11.1. The maximum absolute atomic E-state index is 13.9. The molecular formula is C33H34Br2Cl2N2O4. The van der Waals surface area contributed by atoms with Gasteiger partial charge in [-0.3, -0.25) is 14.4 Å². The molecule has 2 aliphatic carbocycles. The number of carbonyl (C=O) groups excluding carboxylic acids is 3. The van der Waals surface area contributed by atoms with E-state index in [4.69, 9.17) is 27.9 Å². The van der Waals surface area contributed by atoms with Crippen LogP contribution in [0.15, 0.2) is 61.8 Å². The lowest BCUT2D eigenvalue weighted by Gasteiger charge is -2.49. The number of Topliss-reactive ketones (excluding diaryl/α,β-unsaturated/α-hetero) is 2. The predicted molar refractivity (Wildman–Crippen MR) is 178 cm³/mol. The van der Waals surface area contributed by atoms with Crippen LogP contribution in [0.5, 0.6) is 5.75 Å². The van der Waals surface area contributed by atoms with Gasteiger partial charge in [0.05, 0.1) is 19.0 Å². The molecular weight excluding hydrogens is 719 g/mol. The van der Waals surface area contributed by atoms with Crippen molar-refractivity contribution in [2.45, 2.75) is 66.2 Å². The van der Waals surface area contributed by atoms with E-state index in [9.17, 15) is 14.4 Å². The van der Waals surface area contributed by atoms with E-state index >= 15 is 0 Å². The minimum absolute atomic E-state index is 0.0884. The van der Waals surface area contributed by atoms with E-state index in [2.05, 4.69) is 76.7 Å². The molecule has 228 valence electrons. The van der Waals surface area contributed by atoms with Gasteiger partial charge in [0.2, 0.25) is 0 Å². The first-order valence-electron chi connectivity index (χ1n) is 14.3. The number of rotatable bonds is 6. The third kappa shape index (κ3) is 6.49. The fourth-order valence-electron chi connectivity index (χ4n) is 6.56. The van der Waals surface area contributed by atoms with Gasteiger partial charge in [-0.1, -0.05) is 50.9 Å². The Morgan fingerprint density at radius 2 is 1.44 bits per heavy atom. The zero-order chi connectivity index (χ0) is 31.4. The van der Waals surface area contributed by atoms with Crippen LogP contribution in [-0.2, 0) is 14.4 Å². The molecule has 1 aliphatic heterocycles. The van der Waals surface area contributed by atoms with Crippen LogP contribution >= 0.6 is 55.1 Å². The summed E-state index contributed by atoms with van der Waals surface area (Å²) >= 11 is 19.3. The molecule has 3 aliphatic rings. The number of hydrogen-bond acceptors (Lipinski definition) is 5. The Morgan fingerprint density at radius 1 is 0.907 bits per heavy atom. The number of nitrogens with one attached hydrogen (secondary N) is 1. The summed E-state index contributed by atoms with van der Waals surface area (Å²) in [5, 5.41) is 3.48. The van der Waals surface area contributed by atoms with Crippen LogP contribution in [0.4, 0.5) is 5.69 Å². The molecule has 0 unspecified atom stereocenters. The number of carbonyl (C=O) groups is 3. The SMILES string of the molecule is CCN1C2=C(C(=O)CC(C)(C)C2)C(c2cc(Br)c(OCC(=O)Nc3ccc(Cl)c(Cl)c3)c(Br)c2)C2=C1CC(C)(C)CC2=O. The highest BCUT2D eigenvalue weighted by Gasteiger charge is 2.48. The first kappa shape index (κ1) is 32.3. The summed E-state index contributed by atoms with van der Waals surface area (Å²) in [4.78, 5) is 42.6. The van der Waals surface area contributed by atoms with E-state index in [-0.39, 0.29) is 34.9 Å². The number of allylic oxidation sites excluding steroid dienone is 4. The molecule has 0 bridgehead atoms. The van der Waals surface area contributed by atoms with Crippen LogP contribution < -0.4 is 10.1 Å². The summed E-state index contributed by atoms with van der Waals surface area (Å²) in [5.74, 6) is -0.228. The molecule has 0 spiro atoms. The van der Waals surface area contributed by atoms with Crippen LogP contribution in [0.1, 0.15) is 71.8 Å². The molecule has 0 radical (unpaired) electrons. The highest BCUT2D eigenvalue weighted by atomic mass is 79.9. The minimum Gasteiger partial charge on any atom is -0.481 e. The third-order valence-corrected chi connectivity index (χ3v) is 10.2. The van der Waals surface area contributed by atoms with E-state index < -0.39 is 5.92 Å². The normalized spacial score (nSPS) is 19.8. The van der Waals surface area contributed by atoms with Crippen LogP contribution in [0.3, 0.4) is 0 Å². The standard InChI is InChI=1S/C33H34Br2Cl2N2O4/c1-6-39-23-12-32(2,3)14-25(40)29(23)28(30-24(39)13-33(4,5)15-26(30)41)17-9-19(34)31(20(35)10-17)43-16-27(42)38-18-7-8-21(36)22(37)11-18/h7-11,28H,6,12-16H2,1-5H3,(H,38,42). The summed E-state index contributed by atoms with van der Waals surface area (Å²) in [7, 11) is 0. The number of benzene rings is 2. The molecule has 1 amide bonds. The molecule has 0 saturated heterocycles. The molecule has 1 N–H and O–H groups in total. The van der Waals surface area contributed by atoms with Gasteiger partial charge in [0, 0.05) is 53.5 Å². The lowest BCUT2D eigenvalue weighted by atomic mass is 9.63. The van der Waals surface area contributed by atoms with Crippen LogP contribution in [0.25, 0.3) is 0 Å². The van der Waals surface area contributed by atoms with Gasteiger partial charge in [-0.15, -0.1) is 0 Å². The average Bonchev–Trinajstić information content (AvgIpc) is 2.87. The summed E-state index contributed by atoms with van der Waals surface area (Å²) in [5.41, 5.74) is 4.50. The first-order valence-corrected chi connectivity index (χ1v) is 16.6. The zero-order valence-electron chi connectivity index (χ0n) is 24.8. The lowest BCUT2D eigenvalue weighted by Crippen LogP contribution is -2.44. The van der Waals surface area contributed by atoms with Gasteiger partial charge < -0.3 is 15.0 Å². The number of halogens is 4. The Kier molecular flexibility index (Phi) is 9.00. The fraction of sp³-hybridized carbons (Fsp3) is 0.424. The Labute approximate surface area is 279 Å². The number of anilines is 1. The molecule has 0 saturated carbocycles. The van der Waals surface area contributed by atoms with Crippen molar-refractivity contribution in [2.24, 2.45) is 10.8 Å². The molecule has 1 heterocycles. The third-order valence-electron chi connectivity index (χ3n) is 8.24. The van der Waals surface area contributed by atoms with Crippen molar-refractivity contribution in [2.75, 3.05) is 18.5 Å². The number of ether oxygens (including phenoxy) is 1. The number of amides is 1. The van der Waals surface area contributed by atoms with E-state index in [0.29, 0.717) is 49.8 Å². The van der Waals surface area contributed by atoms with Crippen LogP contribution in [0.2, 0.25) is 10.0 Å². The smallest absolute Gasteiger partial charge is 0.262 e. The largest absolute Gasteiger partial charge is 0.481 e. The van der Waals surface area contributed by atoms with E-state index in [1.165, 1.54) is 0 Å². The van der Waals surface area contributed by atoms with Crippen molar-refractivity contribution < 1.29 is 19.1 Å². The van der Waals surface area contributed by atoms with Crippen molar-refractivity contribution in [3.63, 3.8) is 0 Å². The van der Waals surface area contributed by atoms with Crippen LogP contribution in [0, 0.1) is 10.8 Å². The summed E-state index contributed by atoms with van der Waals surface area (Å²) < 4.78 is 7.12. The van der Waals surface area contributed by atoms with Gasteiger partial charge >= 0.3 is 0 Å². The molecule has 0 atom stereocenters. The van der Waals surface area contributed by atoms with Crippen molar-refractivity contribution >= 4 is 78.2 Å². The molecule has 0 fully saturated rings. The van der Waals surface area contributed by atoms with E-state index in [0.717, 1.165) is 40.9 Å². The van der Waals surface area contributed by atoms with Crippen molar-refractivity contribution in [3.8, 4) is 5.75 Å². The fourth-order valence-corrected chi connectivity index (χ4v) is 8.30. The second-order valence-electron chi connectivity index (χ2n) is 13.1. The van der Waals surface area contributed by atoms with Gasteiger partial charge in [-0.25, -0.2) is 0 Å². The van der Waals surface area contributed by atoms with Gasteiger partial charge in [0.1, 0.15) is 5.75 Å². The van der Waals surface area contributed by atoms with Crippen LogP contribution in [-0.4, -0.2) is 35.5 Å². The molecule has 5 rings (SSSR count). The lowest BCUT2D eigenvalue weighted by molar-refractivity contribution is -0.120. The van der Waals surface area contributed by atoms with Gasteiger partial charge in [0.15, 0.2) is 18.2 Å². The number of nitrogens with zero attached hydrogens (tertiary/aromatic N) is 1. The van der Waals surface area contributed by atoms with Gasteiger partial charge in [-0.05, 0) is 98.4 Å². The molecule has 0 aromatic heterocycles. The van der Waals surface area contributed by atoms with Gasteiger partial charge in [-0.2, -0.15) is 0 Å². The molecule has 6 nitrogen and oxygen atoms in total. The second kappa shape index (κ2) is 12.0. The van der Waals surface area contributed by atoms with Crippen molar-refractivity contribution in [1.29, 1.82) is 0 Å². The molecule has 2 aromatic carbocycles. The second-order valence-corrected chi connectivity index (χ2v) is 15.6. The Bertz CT molecular complexity index is 1530. The Hall–Kier alpha value is -2.13. The first-order chi connectivity index (χ1) is 20.1. The number of ketones is 2. The molecule has 10 heteroatoms. The molecule has 43 heavy (non-hydrogen) atoms. The summed E-state index contributed by atoms with van der Waals surface area (Å²) in [6.07, 6.45) is 2.39. The summed E-state index contributed by atoms with van der Waals surface area (Å²) in [6, 6.07) is 8.63. The van der Waals surface area contributed by atoms with E-state index in [1.807, 2.05) is 12.1 Å². The maximum atomic E-state index is 13.9. The molecule has 2 aromatic rings. The Balaban J connectivity index is 1.51. The van der Waals surface area contributed by atoms with Crippen molar-refractivity contribution in [1.82, 2.24) is 4.90 Å². The van der Waals surface area contributed by atoms with E-state index in [1.54, 1.807) is 18.2 Å². The monoisotopic (exact) mass is 750 g/mol. The quantitative estimate of drug-likeness (QED) is 0.319. The van der Waals surface area contributed by atoms with Crippen molar-refractivity contribution in [3.05, 3.63) is 77.4 Å². The average molecular weight is 753 g/mol. The Morgan fingerprint density at radius 3 is 1.93 bits per heavy atom. The highest BCUT2D eigenvalue weighted by molar-refractivity contribution is 9.11. The topological polar surface area (TPSA) is 75.7 Å². The zero-order valence-corrected chi connectivity index (χ0v) is 29.5. The minimum atomic E-state index is -0.473. The number of hydrogen-bond donors (Lipinski definition) is 1. The highest BCUT2D eigenvalue weighted by Crippen LogP contribution is 2.55.